The van der Waals surface area contributed by atoms with Crippen molar-refractivity contribution in [2.24, 2.45) is 7.05 Å². The van der Waals surface area contributed by atoms with Crippen LogP contribution in [0.1, 0.15) is 19.2 Å². The molecule has 0 radical (unpaired) electrons. The SMILES string of the molecule is CCC(O)CNCCc1ncn(C)n1. The average Bonchev–Trinajstić information content (AvgIpc) is 2.58. The van der Waals surface area contributed by atoms with E-state index in [1.807, 2.05) is 14.0 Å². The van der Waals surface area contributed by atoms with Crippen LogP contribution in [0.5, 0.6) is 0 Å². The molecule has 5 nitrogen and oxygen atoms in total. The number of aliphatic hydroxyl groups is 1. The average molecular weight is 198 g/mol. The number of nitrogens with one attached hydrogen (secondary N) is 1. The zero-order valence-corrected chi connectivity index (χ0v) is 8.77. The number of aliphatic hydroxyl groups excluding tert-OH is 1. The molecular formula is C9H18N4O. The van der Waals surface area contributed by atoms with Crippen molar-refractivity contribution in [3.63, 3.8) is 0 Å². The highest BCUT2D eigenvalue weighted by Gasteiger charge is 2.00. The van der Waals surface area contributed by atoms with Crippen molar-refractivity contribution in [1.29, 1.82) is 0 Å². The molecule has 0 aromatic carbocycles. The van der Waals surface area contributed by atoms with E-state index in [1.165, 1.54) is 0 Å². The maximum atomic E-state index is 9.26. The molecule has 0 amide bonds. The van der Waals surface area contributed by atoms with E-state index < -0.39 is 0 Å². The summed E-state index contributed by atoms with van der Waals surface area (Å²) >= 11 is 0. The quantitative estimate of drug-likeness (QED) is 0.617. The van der Waals surface area contributed by atoms with Gasteiger partial charge >= 0.3 is 0 Å². The van der Waals surface area contributed by atoms with E-state index in [0.717, 1.165) is 25.2 Å². The Morgan fingerprint density at radius 3 is 3.00 bits per heavy atom. The van der Waals surface area contributed by atoms with Gasteiger partial charge in [-0.05, 0) is 6.42 Å². The van der Waals surface area contributed by atoms with Gasteiger partial charge in [0.15, 0.2) is 5.82 Å². The van der Waals surface area contributed by atoms with Crippen LogP contribution in [0.25, 0.3) is 0 Å². The summed E-state index contributed by atoms with van der Waals surface area (Å²) in [5.41, 5.74) is 0. The van der Waals surface area contributed by atoms with Gasteiger partial charge in [-0.25, -0.2) is 4.98 Å². The van der Waals surface area contributed by atoms with Crippen LogP contribution in [0.3, 0.4) is 0 Å². The van der Waals surface area contributed by atoms with Gasteiger partial charge in [0.05, 0.1) is 6.10 Å². The van der Waals surface area contributed by atoms with Gasteiger partial charge < -0.3 is 10.4 Å². The van der Waals surface area contributed by atoms with Gasteiger partial charge in [-0.15, -0.1) is 0 Å². The first kappa shape index (κ1) is 11.1. The number of nitrogens with zero attached hydrogens (tertiary/aromatic N) is 3. The molecular weight excluding hydrogens is 180 g/mol. The van der Waals surface area contributed by atoms with Crippen molar-refractivity contribution in [3.05, 3.63) is 12.2 Å². The Morgan fingerprint density at radius 1 is 1.64 bits per heavy atom. The first-order chi connectivity index (χ1) is 6.72. The van der Waals surface area contributed by atoms with Gasteiger partial charge in [0.2, 0.25) is 0 Å². The summed E-state index contributed by atoms with van der Waals surface area (Å²) in [5.74, 6) is 0.839. The maximum absolute atomic E-state index is 9.26. The summed E-state index contributed by atoms with van der Waals surface area (Å²) in [7, 11) is 1.85. The standard InChI is InChI=1S/C9H18N4O/c1-3-8(14)6-10-5-4-9-11-7-13(2)12-9/h7-8,10,14H,3-6H2,1-2H3. The van der Waals surface area contributed by atoms with Crippen LogP contribution in [-0.4, -0.2) is 39.1 Å². The fourth-order valence-electron chi connectivity index (χ4n) is 1.11. The summed E-state index contributed by atoms with van der Waals surface area (Å²) in [4.78, 5) is 4.10. The lowest BCUT2D eigenvalue weighted by Gasteiger charge is -2.07. The number of rotatable bonds is 6. The molecule has 1 unspecified atom stereocenters. The normalized spacial score (nSPS) is 13.1. The molecule has 0 fully saturated rings. The summed E-state index contributed by atoms with van der Waals surface area (Å²) in [6, 6.07) is 0. The number of aromatic nitrogens is 3. The van der Waals surface area contributed by atoms with Crippen LogP contribution in [0, 0.1) is 0 Å². The Kier molecular flexibility index (Phi) is 4.55. The van der Waals surface area contributed by atoms with Crippen molar-refractivity contribution in [2.45, 2.75) is 25.9 Å². The van der Waals surface area contributed by atoms with E-state index >= 15 is 0 Å². The number of hydrogen-bond acceptors (Lipinski definition) is 4. The van der Waals surface area contributed by atoms with Crippen LogP contribution in [0.4, 0.5) is 0 Å². The Balaban J connectivity index is 2.10. The minimum Gasteiger partial charge on any atom is -0.392 e. The highest BCUT2D eigenvalue weighted by Crippen LogP contribution is 1.89. The molecule has 5 heteroatoms. The third-order valence-electron chi connectivity index (χ3n) is 2.02. The largest absolute Gasteiger partial charge is 0.392 e. The van der Waals surface area contributed by atoms with E-state index in [2.05, 4.69) is 15.4 Å². The van der Waals surface area contributed by atoms with Gasteiger partial charge in [-0.2, -0.15) is 5.10 Å². The van der Waals surface area contributed by atoms with E-state index in [1.54, 1.807) is 11.0 Å². The molecule has 1 atom stereocenters. The van der Waals surface area contributed by atoms with Gasteiger partial charge in [0.1, 0.15) is 6.33 Å². The molecule has 0 bridgehead atoms. The van der Waals surface area contributed by atoms with Crippen molar-refractivity contribution in [3.8, 4) is 0 Å². The molecule has 1 aromatic rings. The van der Waals surface area contributed by atoms with Crippen LogP contribution < -0.4 is 5.32 Å². The number of hydrogen-bond donors (Lipinski definition) is 2. The smallest absolute Gasteiger partial charge is 0.151 e. The lowest BCUT2D eigenvalue weighted by molar-refractivity contribution is 0.167. The molecule has 80 valence electrons. The lowest BCUT2D eigenvalue weighted by atomic mass is 10.3. The molecule has 0 aliphatic rings. The second kappa shape index (κ2) is 5.72. The van der Waals surface area contributed by atoms with Gasteiger partial charge in [0, 0.05) is 26.6 Å². The lowest BCUT2D eigenvalue weighted by Crippen LogP contribution is -2.28. The third-order valence-corrected chi connectivity index (χ3v) is 2.02. The van der Waals surface area contributed by atoms with Crippen molar-refractivity contribution in [1.82, 2.24) is 20.1 Å². The maximum Gasteiger partial charge on any atom is 0.151 e. The minimum absolute atomic E-state index is 0.244. The van der Waals surface area contributed by atoms with E-state index in [4.69, 9.17) is 0 Å². The van der Waals surface area contributed by atoms with Crippen LogP contribution in [0.15, 0.2) is 6.33 Å². The monoisotopic (exact) mass is 198 g/mol. The summed E-state index contributed by atoms with van der Waals surface area (Å²) in [5, 5.41) is 16.6. The Labute approximate surface area is 84.2 Å². The Morgan fingerprint density at radius 2 is 2.43 bits per heavy atom. The van der Waals surface area contributed by atoms with Gasteiger partial charge in [-0.1, -0.05) is 6.92 Å². The molecule has 0 spiro atoms. The van der Waals surface area contributed by atoms with Crippen LogP contribution in [-0.2, 0) is 13.5 Å². The Hall–Kier alpha value is -0.940. The summed E-state index contributed by atoms with van der Waals surface area (Å²) < 4.78 is 1.69. The van der Waals surface area contributed by atoms with E-state index in [0.29, 0.717) is 6.54 Å². The molecule has 0 aliphatic heterocycles. The molecule has 2 N–H and O–H groups in total. The Bertz CT molecular complexity index is 261. The summed E-state index contributed by atoms with van der Waals surface area (Å²) in [6.45, 7) is 3.41. The highest BCUT2D eigenvalue weighted by molar-refractivity contribution is 4.81. The fourth-order valence-corrected chi connectivity index (χ4v) is 1.11. The van der Waals surface area contributed by atoms with Crippen LogP contribution >= 0.6 is 0 Å². The molecule has 1 heterocycles. The zero-order valence-electron chi connectivity index (χ0n) is 8.77. The first-order valence-electron chi connectivity index (χ1n) is 4.95. The van der Waals surface area contributed by atoms with Crippen molar-refractivity contribution >= 4 is 0 Å². The van der Waals surface area contributed by atoms with Crippen LogP contribution in [0.2, 0.25) is 0 Å². The predicted molar refractivity (Wildman–Crippen MR) is 53.9 cm³/mol. The summed E-state index contributed by atoms with van der Waals surface area (Å²) in [6.07, 6.45) is 3.04. The second-order valence-electron chi connectivity index (χ2n) is 3.35. The van der Waals surface area contributed by atoms with Crippen molar-refractivity contribution in [2.75, 3.05) is 13.1 Å². The third kappa shape index (κ3) is 3.85. The van der Waals surface area contributed by atoms with Gasteiger partial charge in [-0.3, -0.25) is 4.68 Å². The second-order valence-corrected chi connectivity index (χ2v) is 3.35. The first-order valence-corrected chi connectivity index (χ1v) is 4.95. The van der Waals surface area contributed by atoms with E-state index in [9.17, 15) is 5.11 Å². The molecule has 0 saturated heterocycles. The zero-order chi connectivity index (χ0) is 10.4. The van der Waals surface area contributed by atoms with Gasteiger partial charge in [0.25, 0.3) is 0 Å². The molecule has 1 aromatic heterocycles. The molecule has 0 saturated carbocycles. The fraction of sp³-hybridized carbons (Fsp3) is 0.778. The molecule has 0 aliphatic carbocycles. The molecule has 1 rings (SSSR count). The van der Waals surface area contributed by atoms with E-state index in [-0.39, 0.29) is 6.10 Å². The number of aryl methyl sites for hydroxylation is 1. The molecule has 14 heavy (non-hydrogen) atoms. The predicted octanol–water partition coefficient (Wildman–Crippen LogP) is -0.282. The minimum atomic E-state index is -0.244. The van der Waals surface area contributed by atoms with Crippen molar-refractivity contribution < 1.29 is 5.11 Å². The topological polar surface area (TPSA) is 63.0 Å². The highest BCUT2D eigenvalue weighted by atomic mass is 16.3.